The molecule has 1 N–H and O–H groups in total. The van der Waals surface area contributed by atoms with Crippen LogP contribution in [0.3, 0.4) is 0 Å². The average molecular weight is 419 g/mol. The van der Waals surface area contributed by atoms with Crippen LogP contribution in [0.4, 0.5) is 5.95 Å². The molecule has 2 aromatic carbocycles. The van der Waals surface area contributed by atoms with Gasteiger partial charge in [0.25, 0.3) is 0 Å². The van der Waals surface area contributed by atoms with Gasteiger partial charge in [-0.15, -0.1) is 5.10 Å². The molecule has 2 aliphatic rings. The first kappa shape index (κ1) is 19.1. The van der Waals surface area contributed by atoms with Crippen molar-refractivity contribution in [2.75, 3.05) is 5.32 Å². The van der Waals surface area contributed by atoms with Crippen molar-refractivity contribution >= 4 is 23.3 Å². The number of anilines is 1. The van der Waals surface area contributed by atoms with E-state index < -0.39 is 0 Å². The van der Waals surface area contributed by atoms with Crippen LogP contribution in [-0.2, 0) is 4.79 Å². The predicted octanol–water partition coefficient (Wildman–Crippen LogP) is 5.57. The Balaban J connectivity index is 1.71. The normalized spacial score (nSPS) is 19.9. The van der Waals surface area contributed by atoms with Crippen LogP contribution in [0.15, 0.2) is 59.8 Å². The van der Waals surface area contributed by atoms with Crippen molar-refractivity contribution in [3.63, 3.8) is 0 Å². The molecule has 1 aliphatic carbocycles. The third-order valence-electron chi connectivity index (χ3n) is 5.81. The van der Waals surface area contributed by atoms with Crippen LogP contribution in [0.25, 0.3) is 11.4 Å². The van der Waals surface area contributed by atoms with E-state index in [0.717, 1.165) is 34.4 Å². The number of halogens is 1. The summed E-state index contributed by atoms with van der Waals surface area (Å²) in [7, 11) is 0. The first-order valence-electron chi connectivity index (χ1n) is 10.1. The summed E-state index contributed by atoms with van der Waals surface area (Å²) >= 11 is 6.59. The van der Waals surface area contributed by atoms with Crippen LogP contribution in [0.2, 0.25) is 5.02 Å². The zero-order valence-electron chi connectivity index (χ0n) is 17.2. The topological polar surface area (TPSA) is 59.8 Å². The number of ketones is 1. The van der Waals surface area contributed by atoms with Crippen molar-refractivity contribution in [2.24, 2.45) is 5.41 Å². The summed E-state index contributed by atoms with van der Waals surface area (Å²) < 4.78 is 1.81. The molecule has 152 valence electrons. The number of hydrogen-bond acceptors (Lipinski definition) is 4. The summed E-state index contributed by atoms with van der Waals surface area (Å²) in [4.78, 5) is 18.1. The molecule has 1 unspecified atom stereocenters. The van der Waals surface area contributed by atoms with Crippen LogP contribution < -0.4 is 5.32 Å². The molecule has 5 rings (SSSR count). The molecule has 1 aromatic heterocycles. The van der Waals surface area contributed by atoms with Crippen LogP contribution >= 0.6 is 11.6 Å². The Morgan fingerprint density at radius 3 is 2.70 bits per heavy atom. The van der Waals surface area contributed by atoms with Gasteiger partial charge in [0.2, 0.25) is 5.95 Å². The van der Waals surface area contributed by atoms with Gasteiger partial charge in [-0.1, -0.05) is 67.4 Å². The van der Waals surface area contributed by atoms with Gasteiger partial charge in [-0.2, -0.15) is 4.98 Å². The summed E-state index contributed by atoms with van der Waals surface area (Å²) in [5.74, 6) is 1.41. The number of benzene rings is 2. The molecule has 3 aromatic rings. The van der Waals surface area contributed by atoms with E-state index in [1.165, 1.54) is 0 Å². The zero-order valence-corrected chi connectivity index (χ0v) is 18.0. The molecule has 0 saturated carbocycles. The zero-order chi connectivity index (χ0) is 21.0. The minimum Gasteiger partial charge on any atom is -0.328 e. The molecular formula is C24H23ClN4O. The number of aryl methyl sites for hydroxylation is 1. The fourth-order valence-corrected chi connectivity index (χ4v) is 4.74. The summed E-state index contributed by atoms with van der Waals surface area (Å²) in [5.41, 5.74) is 4.53. The van der Waals surface area contributed by atoms with Crippen molar-refractivity contribution in [3.05, 3.63) is 76.0 Å². The fourth-order valence-electron chi connectivity index (χ4n) is 4.50. The Kier molecular flexibility index (Phi) is 4.33. The summed E-state index contributed by atoms with van der Waals surface area (Å²) in [6, 6.07) is 15.4. The van der Waals surface area contributed by atoms with Crippen molar-refractivity contribution in [3.8, 4) is 11.4 Å². The maximum Gasteiger partial charge on any atom is 0.226 e. The number of nitrogens with zero attached hydrogens (tertiary/aromatic N) is 3. The van der Waals surface area contributed by atoms with Gasteiger partial charge in [-0.05, 0) is 30.9 Å². The molecule has 0 bridgehead atoms. The maximum absolute atomic E-state index is 13.3. The van der Waals surface area contributed by atoms with Crippen molar-refractivity contribution in [1.29, 1.82) is 0 Å². The Morgan fingerprint density at radius 1 is 1.13 bits per heavy atom. The van der Waals surface area contributed by atoms with Crippen LogP contribution in [-0.4, -0.2) is 20.5 Å². The molecular weight excluding hydrogens is 396 g/mol. The number of rotatable bonds is 2. The van der Waals surface area contributed by atoms with Crippen molar-refractivity contribution in [1.82, 2.24) is 14.8 Å². The Hall–Kier alpha value is -2.92. The lowest BCUT2D eigenvalue weighted by Gasteiger charge is -2.38. The molecule has 30 heavy (non-hydrogen) atoms. The summed E-state index contributed by atoms with van der Waals surface area (Å²) in [6.45, 7) is 6.29. The summed E-state index contributed by atoms with van der Waals surface area (Å²) in [6.07, 6.45) is 1.28. The number of allylic oxidation sites excluding steroid dienone is 2. The quantitative estimate of drug-likeness (QED) is 0.591. The standard InChI is InChI=1S/C24H23ClN4O/c1-14-7-6-8-15(11-14)22-27-23-26-18-12-24(2,3)13-19(30)20(18)21(29(23)28-22)16-9-4-5-10-17(16)25/h4-11,21H,12-13H2,1-3H3,(H,26,27,28). The van der Waals surface area contributed by atoms with Gasteiger partial charge in [0.05, 0.1) is 0 Å². The highest BCUT2D eigenvalue weighted by Gasteiger charge is 2.42. The third-order valence-corrected chi connectivity index (χ3v) is 6.15. The second kappa shape index (κ2) is 6.81. The third kappa shape index (κ3) is 3.14. The van der Waals surface area contributed by atoms with E-state index in [2.05, 4.69) is 25.2 Å². The van der Waals surface area contributed by atoms with Crippen LogP contribution in [0.1, 0.15) is 43.9 Å². The molecule has 0 radical (unpaired) electrons. The van der Waals surface area contributed by atoms with E-state index in [-0.39, 0.29) is 17.2 Å². The molecule has 1 aliphatic heterocycles. The minimum absolute atomic E-state index is 0.102. The maximum atomic E-state index is 13.3. The minimum atomic E-state index is -0.389. The Bertz CT molecular complexity index is 1210. The van der Waals surface area contributed by atoms with E-state index in [0.29, 0.717) is 23.2 Å². The van der Waals surface area contributed by atoms with Gasteiger partial charge in [-0.25, -0.2) is 4.68 Å². The molecule has 0 fully saturated rings. The molecule has 0 amide bonds. The van der Waals surface area contributed by atoms with E-state index in [9.17, 15) is 4.79 Å². The SMILES string of the molecule is Cc1cccc(-c2nc3n(n2)C(c2ccccc2Cl)C2=C(CC(C)(C)CC2=O)N3)c1. The van der Waals surface area contributed by atoms with Gasteiger partial charge in [-0.3, -0.25) is 4.79 Å². The molecule has 0 saturated heterocycles. The number of aromatic nitrogens is 3. The number of Topliss-reactive ketones (excluding diaryl/α,β-unsaturated/α-hetero) is 1. The molecule has 5 nitrogen and oxygen atoms in total. The number of carbonyl (C=O) groups is 1. The van der Waals surface area contributed by atoms with E-state index in [1.807, 2.05) is 54.1 Å². The lowest BCUT2D eigenvalue weighted by molar-refractivity contribution is -0.118. The second-order valence-corrected chi connectivity index (χ2v) is 9.36. The molecule has 2 heterocycles. The summed E-state index contributed by atoms with van der Waals surface area (Å²) in [5, 5.41) is 8.85. The van der Waals surface area contributed by atoms with Crippen molar-refractivity contribution < 1.29 is 4.79 Å². The highest BCUT2D eigenvalue weighted by molar-refractivity contribution is 6.31. The van der Waals surface area contributed by atoms with Gasteiger partial charge in [0.15, 0.2) is 11.6 Å². The smallest absolute Gasteiger partial charge is 0.226 e. The number of fused-ring (bicyclic) bond motifs is 1. The molecule has 6 heteroatoms. The number of nitrogens with one attached hydrogen (secondary N) is 1. The van der Waals surface area contributed by atoms with Gasteiger partial charge in [0, 0.05) is 33.8 Å². The average Bonchev–Trinajstić information content (AvgIpc) is 3.10. The Morgan fingerprint density at radius 2 is 1.93 bits per heavy atom. The van der Waals surface area contributed by atoms with Crippen LogP contribution in [0, 0.1) is 12.3 Å². The van der Waals surface area contributed by atoms with Gasteiger partial charge < -0.3 is 5.32 Å². The monoisotopic (exact) mass is 418 g/mol. The van der Waals surface area contributed by atoms with E-state index in [1.54, 1.807) is 0 Å². The fraction of sp³-hybridized carbons (Fsp3) is 0.292. The predicted molar refractivity (Wildman–Crippen MR) is 118 cm³/mol. The lowest BCUT2D eigenvalue weighted by Crippen LogP contribution is -2.36. The number of carbonyl (C=O) groups excluding carboxylic acids is 1. The lowest BCUT2D eigenvalue weighted by atomic mass is 9.73. The highest BCUT2D eigenvalue weighted by atomic mass is 35.5. The highest BCUT2D eigenvalue weighted by Crippen LogP contribution is 2.46. The Labute approximate surface area is 180 Å². The van der Waals surface area contributed by atoms with Gasteiger partial charge in [0.1, 0.15) is 6.04 Å². The van der Waals surface area contributed by atoms with Gasteiger partial charge >= 0.3 is 0 Å². The largest absolute Gasteiger partial charge is 0.328 e. The molecule has 0 spiro atoms. The first-order valence-corrected chi connectivity index (χ1v) is 10.5. The van der Waals surface area contributed by atoms with E-state index in [4.69, 9.17) is 21.7 Å². The van der Waals surface area contributed by atoms with Crippen LogP contribution in [0.5, 0.6) is 0 Å². The van der Waals surface area contributed by atoms with E-state index >= 15 is 0 Å². The molecule has 1 atom stereocenters. The number of hydrogen-bond donors (Lipinski definition) is 1. The second-order valence-electron chi connectivity index (χ2n) is 8.96. The first-order chi connectivity index (χ1) is 14.3. The van der Waals surface area contributed by atoms with Crippen molar-refractivity contribution in [2.45, 2.75) is 39.7 Å².